The van der Waals surface area contributed by atoms with E-state index >= 15 is 0 Å². The van der Waals surface area contributed by atoms with E-state index in [9.17, 15) is 0 Å². The Morgan fingerprint density at radius 1 is 1.22 bits per heavy atom. The molecule has 1 fully saturated rings. The lowest BCUT2D eigenvalue weighted by Crippen LogP contribution is -2.44. The van der Waals surface area contributed by atoms with Gasteiger partial charge in [-0.1, -0.05) is 12.1 Å². The number of benzene rings is 1. The van der Waals surface area contributed by atoms with Crippen LogP contribution in [0.15, 0.2) is 30.5 Å². The predicted octanol–water partition coefficient (Wildman–Crippen LogP) is 3.19. The van der Waals surface area contributed by atoms with Gasteiger partial charge in [-0.15, -0.1) is 0 Å². The number of aromatic nitrogens is 3. The number of nitrogens with zero attached hydrogens (tertiary/aromatic N) is 3. The van der Waals surface area contributed by atoms with E-state index in [2.05, 4.69) is 60.2 Å². The average Bonchev–Trinajstić information content (AvgIpc) is 3.26. The first kappa shape index (κ1) is 16.7. The summed E-state index contributed by atoms with van der Waals surface area (Å²) in [4.78, 5) is 15.8. The van der Waals surface area contributed by atoms with Crippen LogP contribution >= 0.6 is 0 Å². The summed E-state index contributed by atoms with van der Waals surface area (Å²) < 4.78 is 5.65. The van der Waals surface area contributed by atoms with Gasteiger partial charge in [0.05, 0.1) is 30.5 Å². The smallest absolute Gasteiger partial charge is 0.162 e. The maximum absolute atomic E-state index is 5.65. The topological polar surface area (TPSA) is 66.1 Å². The second-order valence-electron chi connectivity index (χ2n) is 8.04. The Hall–Kier alpha value is -2.44. The van der Waals surface area contributed by atoms with Crippen LogP contribution in [0.4, 0.5) is 5.82 Å². The molecule has 1 atom stereocenters. The van der Waals surface area contributed by atoms with Crippen LogP contribution in [0.3, 0.4) is 0 Å². The monoisotopic (exact) mass is 363 g/mol. The second-order valence-corrected chi connectivity index (χ2v) is 8.04. The zero-order chi connectivity index (χ0) is 18.6. The first-order chi connectivity index (χ1) is 13.0. The van der Waals surface area contributed by atoms with E-state index in [0.717, 1.165) is 60.1 Å². The fraction of sp³-hybridized carbons (Fsp3) is 0.429. The first-order valence-electron chi connectivity index (χ1n) is 9.62. The Morgan fingerprint density at radius 2 is 2.11 bits per heavy atom. The van der Waals surface area contributed by atoms with E-state index in [1.165, 1.54) is 5.56 Å². The van der Waals surface area contributed by atoms with Crippen molar-refractivity contribution in [3.8, 4) is 11.4 Å². The van der Waals surface area contributed by atoms with E-state index in [1.54, 1.807) is 0 Å². The molecule has 2 aliphatic heterocycles. The largest absolute Gasteiger partial charge is 0.377 e. The third kappa shape index (κ3) is 2.63. The van der Waals surface area contributed by atoms with E-state index in [-0.39, 0.29) is 5.54 Å². The summed E-state index contributed by atoms with van der Waals surface area (Å²) in [7, 11) is 0. The Kier molecular flexibility index (Phi) is 3.74. The number of morpholine rings is 1. The van der Waals surface area contributed by atoms with Crippen LogP contribution < -0.4 is 10.2 Å². The fourth-order valence-corrected chi connectivity index (χ4v) is 4.23. The van der Waals surface area contributed by atoms with Crippen molar-refractivity contribution < 1.29 is 4.74 Å². The third-order valence-electron chi connectivity index (χ3n) is 5.76. The van der Waals surface area contributed by atoms with Gasteiger partial charge in [-0.25, -0.2) is 9.97 Å². The molecule has 0 spiro atoms. The van der Waals surface area contributed by atoms with Gasteiger partial charge in [0.1, 0.15) is 5.82 Å². The number of rotatable bonds is 2. The molecule has 2 aliphatic rings. The van der Waals surface area contributed by atoms with Gasteiger partial charge in [-0.2, -0.15) is 0 Å². The zero-order valence-electron chi connectivity index (χ0n) is 16.0. The highest BCUT2D eigenvalue weighted by molar-refractivity contribution is 5.93. The molecule has 0 amide bonds. The van der Waals surface area contributed by atoms with Gasteiger partial charge >= 0.3 is 0 Å². The van der Waals surface area contributed by atoms with Crippen molar-refractivity contribution in [1.29, 1.82) is 0 Å². The number of anilines is 1. The molecule has 0 radical (unpaired) electrons. The van der Waals surface area contributed by atoms with Gasteiger partial charge < -0.3 is 19.9 Å². The Morgan fingerprint density at radius 3 is 2.96 bits per heavy atom. The minimum absolute atomic E-state index is 0.163. The molecule has 2 N–H and O–H groups in total. The van der Waals surface area contributed by atoms with E-state index in [4.69, 9.17) is 14.7 Å². The SMILES string of the molecule is C[C@@H]1COCCN1c1nc(-c2cccc3[nH]ccc23)nc2c1CNC2(C)C. The summed E-state index contributed by atoms with van der Waals surface area (Å²) in [5.41, 5.74) is 4.34. The molecule has 1 saturated heterocycles. The number of nitrogens with one attached hydrogen (secondary N) is 2. The summed E-state index contributed by atoms with van der Waals surface area (Å²) >= 11 is 0. The van der Waals surface area contributed by atoms with Gasteiger partial charge in [0.25, 0.3) is 0 Å². The van der Waals surface area contributed by atoms with E-state index in [1.807, 2.05) is 6.20 Å². The highest BCUT2D eigenvalue weighted by atomic mass is 16.5. The molecular formula is C21H25N5O. The summed E-state index contributed by atoms with van der Waals surface area (Å²) in [5, 5.41) is 4.75. The number of fused-ring (bicyclic) bond motifs is 2. The molecule has 0 aliphatic carbocycles. The highest BCUT2D eigenvalue weighted by Crippen LogP contribution is 2.38. The molecule has 0 bridgehead atoms. The fourth-order valence-electron chi connectivity index (χ4n) is 4.23. The third-order valence-corrected chi connectivity index (χ3v) is 5.76. The second kappa shape index (κ2) is 6.04. The van der Waals surface area contributed by atoms with Crippen molar-refractivity contribution in [3.05, 3.63) is 41.7 Å². The lowest BCUT2D eigenvalue weighted by molar-refractivity contribution is 0.0984. The van der Waals surface area contributed by atoms with Crippen molar-refractivity contribution in [2.24, 2.45) is 0 Å². The van der Waals surface area contributed by atoms with Crippen molar-refractivity contribution in [2.75, 3.05) is 24.7 Å². The molecule has 2 aromatic heterocycles. The Labute approximate surface area is 159 Å². The summed E-state index contributed by atoms with van der Waals surface area (Å²) in [6.45, 7) is 9.72. The number of hydrogen-bond donors (Lipinski definition) is 2. The number of H-pyrrole nitrogens is 1. The molecule has 0 saturated carbocycles. The van der Waals surface area contributed by atoms with Crippen LogP contribution in [0, 0.1) is 0 Å². The molecule has 6 nitrogen and oxygen atoms in total. The van der Waals surface area contributed by atoms with Crippen LogP contribution in [0.1, 0.15) is 32.0 Å². The van der Waals surface area contributed by atoms with Crippen molar-refractivity contribution >= 4 is 16.7 Å². The molecule has 3 aromatic rings. The summed E-state index contributed by atoms with van der Waals surface area (Å²) in [6, 6.07) is 8.66. The molecule has 6 heteroatoms. The van der Waals surface area contributed by atoms with Gasteiger partial charge in [0, 0.05) is 41.3 Å². The van der Waals surface area contributed by atoms with E-state index < -0.39 is 0 Å². The first-order valence-corrected chi connectivity index (χ1v) is 9.62. The van der Waals surface area contributed by atoms with Crippen molar-refractivity contribution in [3.63, 3.8) is 0 Å². The van der Waals surface area contributed by atoms with Gasteiger partial charge in [-0.3, -0.25) is 0 Å². The van der Waals surface area contributed by atoms with Crippen LogP contribution in [-0.2, 0) is 16.8 Å². The normalized spacial score (nSPS) is 21.6. The van der Waals surface area contributed by atoms with Crippen LogP contribution in [0.25, 0.3) is 22.3 Å². The summed E-state index contributed by atoms with van der Waals surface area (Å²) in [6.07, 6.45) is 1.97. The number of hydrogen-bond acceptors (Lipinski definition) is 5. The standard InChI is InChI=1S/C21H25N5O/c1-13-12-27-10-9-26(13)20-16-11-23-21(2,3)18(16)24-19(25-20)15-5-4-6-17-14(15)7-8-22-17/h4-8,13,22-23H,9-12H2,1-3H3/t13-/m1/s1. The Balaban J connectivity index is 1.73. The lowest BCUT2D eigenvalue weighted by Gasteiger charge is -2.35. The molecule has 4 heterocycles. The molecule has 0 unspecified atom stereocenters. The van der Waals surface area contributed by atoms with Crippen LogP contribution in [0.5, 0.6) is 0 Å². The summed E-state index contributed by atoms with van der Waals surface area (Å²) in [5.74, 6) is 1.85. The van der Waals surface area contributed by atoms with Gasteiger partial charge in [0.2, 0.25) is 0 Å². The maximum atomic E-state index is 5.65. The average molecular weight is 363 g/mol. The van der Waals surface area contributed by atoms with Gasteiger partial charge in [0.15, 0.2) is 5.82 Å². The Bertz CT molecular complexity index is 1010. The van der Waals surface area contributed by atoms with Crippen LogP contribution in [0.2, 0.25) is 0 Å². The van der Waals surface area contributed by atoms with Crippen LogP contribution in [-0.4, -0.2) is 40.8 Å². The minimum atomic E-state index is -0.163. The highest BCUT2D eigenvalue weighted by Gasteiger charge is 2.36. The van der Waals surface area contributed by atoms with Crippen molar-refractivity contribution in [2.45, 2.75) is 38.9 Å². The number of ether oxygens (including phenoxy) is 1. The zero-order valence-corrected chi connectivity index (χ0v) is 16.0. The molecular weight excluding hydrogens is 338 g/mol. The molecule has 140 valence electrons. The quantitative estimate of drug-likeness (QED) is 0.732. The van der Waals surface area contributed by atoms with E-state index in [0.29, 0.717) is 6.04 Å². The maximum Gasteiger partial charge on any atom is 0.162 e. The van der Waals surface area contributed by atoms with Crippen molar-refractivity contribution in [1.82, 2.24) is 20.3 Å². The minimum Gasteiger partial charge on any atom is -0.377 e. The molecule has 5 rings (SSSR count). The predicted molar refractivity (Wildman–Crippen MR) is 107 cm³/mol. The molecule has 27 heavy (non-hydrogen) atoms. The molecule has 1 aromatic carbocycles. The van der Waals surface area contributed by atoms with Gasteiger partial charge in [-0.05, 0) is 32.9 Å². The number of aromatic amines is 1. The lowest BCUT2D eigenvalue weighted by atomic mass is 10.00.